The van der Waals surface area contributed by atoms with Crippen LogP contribution in [0.15, 0.2) is 36.8 Å². The number of imidazole rings is 1. The Hall–Kier alpha value is -3.93. The number of H-pyrrole nitrogens is 1. The van der Waals surface area contributed by atoms with E-state index in [4.69, 9.17) is 5.73 Å². The third kappa shape index (κ3) is 10.8. The van der Waals surface area contributed by atoms with Gasteiger partial charge in [-0.25, -0.2) is 9.78 Å². The van der Waals surface area contributed by atoms with Crippen molar-refractivity contribution in [2.24, 2.45) is 17.6 Å². The van der Waals surface area contributed by atoms with Gasteiger partial charge in [0.05, 0.1) is 12.4 Å². The highest BCUT2D eigenvalue weighted by molar-refractivity contribution is 5.94. The Labute approximate surface area is 228 Å². The SMILES string of the molecule is CC(C)CC(N)C(=O)NC(Cc1cnc[nH]1)C(=O)NC(CC(C)C)C(=O)NC(Cc1ccc(O)cc1)C(=O)O. The van der Waals surface area contributed by atoms with Crippen molar-refractivity contribution in [2.75, 3.05) is 0 Å². The second-order valence-corrected chi connectivity index (χ2v) is 10.5. The Morgan fingerprint density at radius 3 is 1.95 bits per heavy atom. The number of benzene rings is 1. The molecule has 0 bridgehead atoms. The number of hydrogen-bond acceptors (Lipinski definition) is 7. The van der Waals surface area contributed by atoms with Crippen LogP contribution in [0.3, 0.4) is 0 Å². The third-order valence-electron chi connectivity index (χ3n) is 6.00. The lowest BCUT2D eigenvalue weighted by Gasteiger charge is -2.26. The average molecular weight is 545 g/mol. The zero-order valence-electron chi connectivity index (χ0n) is 22.8. The van der Waals surface area contributed by atoms with Gasteiger partial charge in [-0.3, -0.25) is 14.4 Å². The zero-order chi connectivity index (χ0) is 29.1. The van der Waals surface area contributed by atoms with Gasteiger partial charge >= 0.3 is 5.97 Å². The van der Waals surface area contributed by atoms with Crippen LogP contribution in [-0.2, 0) is 32.0 Å². The van der Waals surface area contributed by atoms with Crippen molar-refractivity contribution in [1.82, 2.24) is 25.9 Å². The Balaban J connectivity index is 2.18. The lowest BCUT2D eigenvalue weighted by molar-refractivity contribution is -0.142. The van der Waals surface area contributed by atoms with Gasteiger partial charge in [-0.15, -0.1) is 0 Å². The quantitative estimate of drug-likeness (QED) is 0.171. The molecule has 0 fully saturated rings. The number of hydrogen-bond donors (Lipinski definition) is 7. The Bertz CT molecular complexity index is 1090. The van der Waals surface area contributed by atoms with E-state index < -0.39 is 47.9 Å². The highest BCUT2D eigenvalue weighted by Gasteiger charge is 2.31. The van der Waals surface area contributed by atoms with Crippen LogP contribution < -0.4 is 21.7 Å². The van der Waals surface area contributed by atoms with Crippen LogP contribution in [0.5, 0.6) is 5.75 Å². The van der Waals surface area contributed by atoms with Crippen LogP contribution in [-0.4, -0.2) is 68.0 Å². The summed E-state index contributed by atoms with van der Waals surface area (Å²) in [4.78, 5) is 58.1. The number of amides is 3. The Kier molecular flexibility index (Phi) is 11.9. The van der Waals surface area contributed by atoms with Gasteiger partial charge in [0.1, 0.15) is 23.9 Å². The molecule has 8 N–H and O–H groups in total. The predicted octanol–water partition coefficient (Wildman–Crippen LogP) is 0.859. The number of nitrogens with zero attached hydrogens (tertiary/aromatic N) is 1. The third-order valence-corrected chi connectivity index (χ3v) is 6.00. The van der Waals surface area contributed by atoms with Crippen molar-refractivity contribution < 1.29 is 29.4 Å². The van der Waals surface area contributed by atoms with Crippen molar-refractivity contribution in [3.05, 3.63) is 48.0 Å². The maximum Gasteiger partial charge on any atom is 0.326 e. The molecule has 0 spiro atoms. The molecule has 214 valence electrons. The number of aromatic nitrogens is 2. The minimum atomic E-state index is -1.26. The second kappa shape index (κ2) is 14.9. The maximum absolute atomic E-state index is 13.4. The summed E-state index contributed by atoms with van der Waals surface area (Å²) < 4.78 is 0. The fourth-order valence-electron chi connectivity index (χ4n) is 4.03. The predicted molar refractivity (Wildman–Crippen MR) is 144 cm³/mol. The van der Waals surface area contributed by atoms with Crippen LogP contribution in [0.4, 0.5) is 0 Å². The Morgan fingerprint density at radius 1 is 0.846 bits per heavy atom. The molecule has 0 radical (unpaired) electrons. The molecule has 4 unspecified atom stereocenters. The van der Waals surface area contributed by atoms with Gasteiger partial charge in [-0.05, 0) is 42.4 Å². The first-order chi connectivity index (χ1) is 18.3. The number of carboxylic acids is 1. The average Bonchev–Trinajstić information content (AvgIpc) is 3.36. The summed E-state index contributed by atoms with van der Waals surface area (Å²) in [5, 5.41) is 27.1. The maximum atomic E-state index is 13.4. The molecule has 3 amide bonds. The molecule has 1 aromatic carbocycles. The monoisotopic (exact) mass is 544 g/mol. The molecule has 12 heteroatoms. The van der Waals surface area contributed by atoms with Crippen molar-refractivity contribution >= 4 is 23.7 Å². The van der Waals surface area contributed by atoms with E-state index in [9.17, 15) is 29.4 Å². The standard InChI is InChI=1S/C27H40N6O6/c1-15(2)9-20(28)24(35)31-22(12-18-13-29-14-30-18)26(37)32-21(10-16(3)4)25(36)33-23(27(38)39)11-17-5-7-19(34)8-6-17/h5-8,13-16,20-23,34H,9-12,28H2,1-4H3,(H,29,30)(H,31,35)(H,32,37)(H,33,36)(H,38,39). The number of carboxylic acid groups (broad SMARTS) is 1. The number of nitrogens with one attached hydrogen (secondary N) is 4. The van der Waals surface area contributed by atoms with E-state index in [1.165, 1.54) is 24.7 Å². The molecule has 0 saturated heterocycles. The summed E-state index contributed by atoms with van der Waals surface area (Å²) >= 11 is 0. The molecule has 4 atom stereocenters. The number of carbonyl (C=O) groups is 4. The van der Waals surface area contributed by atoms with Crippen LogP contribution in [0.2, 0.25) is 0 Å². The van der Waals surface area contributed by atoms with E-state index in [1.807, 2.05) is 27.7 Å². The van der Waals surface area contributed by atoms with Gasteiger partial charge in [0.2, 0.25) is 17.7 Å². The van der Waals surface area contributed by atoms with Crippen molar-refractivity contribution in [3.63, 3.8) is 0 Å². The largest absolute Gasteiger partial charge is 0.508 e. The van der Waals surface area contributed by atoms with E-state index in [-0.39, 0.29) is 36.8 Å². The van der Waals surface area contributed by atoms with E-state index >= 15 is 0 Å². The van der Waals surface area contributed by atoms with Crippen molar-refractivity contribution in [1.29, 1.82) is 0 Å². The molecule has 0 aliphatic rings. The molecule has 12 nitrogen and oxygen atoms in total. The van der Waals surface area contributed by atoms with E-state index in [1.54, 1.807) is 12.1 Å². The lowest BCUT2D eigenvalue weighted by Crippen LogP contribution is -2.58. The summed E-state index contributed by atoms with van der Waals surface area (Å²) in [6.45, 7) is 7.60. The number of phenolic OH excluding ortho intramolecular Hbond substituents is 1. The van der Waals surface area contributed by atoms with Crippen LogP contribution in [0, 0.1) is 11.8 Å². The number of nitrogens with two attached hydrogens (primary N) is 1. The highest BCUT2D eigenvalue weighted by Crippen LogP contribution is 2.13. The number of aliphatic carboxylic acids is 1. The van der Waals surface area contributed by atoms with Crippen molar-refractivity contribution in [3.8, 4) is 5.75 Å². The molecule has 1 aromatic heterocycles. The summed E-state index contributed by atoms with van der Waals surface area (Å²) in [5.74, 6) is -2.80. The molecule has 39 heavy (non-hydrogen) atoms. The summed E-state index contributed by atoms with van der Waals surface area (Å²) in [5.41, 5.74) is 7.21. The van der Waals surface area contributed by atoms with Crippen molar-refractivity contribution in [2.45, 2.75) is 77.5 Å². The number of aromatic hydroxyl groups is 1. The first kappa shape index (κ1) is 31.3. The molecular formula is C27H40N6O6. The summed E-state index contributed by atoms with van der Waals surface area (Å²) in [7, 11) is 0. The zero-order valence-corrected chi connectivity index (χ0v) is 22.8. The first-order valence-corrected chi connectivity index (χ1v) is 13.0. The molecule has 0 saturated carbocycles. The summed E-state index contributed by atoms with van der Waals surface area (Å²) in [6, 6.07) is 1.82. The normalized spacial score (nSPS) is 14.3. The molecular weight excluding hydrogens is 504 g/mol. The number of rotatable bonds is 15. The van der Waals surface area contributed by atoms with Crippen LogP contribution in [0.25, 0.3) is 0 Å². The number of carbonyl (C=O) groups excluding carboxylic acids is 3. The van der Waals surface area contributed by atoms with E-state index in [0.29, 0.717) is 17.7 Å². The molecule has 2 rings (SSSR count). The highest BCUT2D eigenvalue weighted by atomic mass is 16.4. The second-order valence-electron chi connectivity index (χ2n) is 10.5. The topological polar surface area (TPSA) is 200 Å². The number of aromatic amines is 1. The Morgan fingerprint density at radius 2 is 1.41 bits per heavy atom. The van der Waals surface area contributed by atoms with Gasteiger partial charge in [-0.1, -0.05) is 39.8 Å². The van der Waals surface area contributed by atoms with Gasteiger partial charge in [-0.2, -0.15) is 0 Å². The molecule has 0 aliphatic heterocycles. The molecule has 2 aromatic rings. The van der Waals surface area contributed by atoms with Crippen LogP contribution >= 0.6 is 0 Å². The first-order valence-electron chi connectivity index (χ1n) is 13.0. The van der Waals surface area contributed by atoms with Gasteiger partial charge in [0.15, 0.2) is 0 Å². The van der Waals surface area contributed by atoms with Crippen LogP contribution in [0.1, 0.15) is 51.8 Å². The fourth-order valence-corrected chi connectivity index (χ4v) is 4.03. The smallest absolute Gasteiger partial charge is 0.326 e. The fraction of sp³-hybridized carbons (Fsp3) is 0.519. The van der Waals surface area contributed by atoms with Gasteiger partial charge in [0, 0.05) is 24.7 Å². The summed E-state index contributed by atoms with van der Waals surface area (Å²) in [6.07, 6.45) is 3.71. The lowest BCUT2D eigenvalue weighted by atomic mass is 10.00. The minimum Gasteiger partial charge on any atom is -0.508 e. The van der Waals surface area contributed by atoms with Gasteiger partial charge in [0.25, 0.3) is 0 Å². The minimum absolute atomic E-state index is 0.0125. The molecule has 1 heterocycles. The van der Waals surface area contributed by atoms with E-state index in [0.717, 1.165) is 0 Å². The van der Waals surface area contributed by atoms with E-state index in [2.05, 4.69) is 25.9 Å². The molecule has 0 aliphatic carbocycles. The van der Waals surface area contributed by atoms with Gasteiger partial charge < -0.3 is 36.9 Å². The number of phenols is 1.